The SMILES string of the molecule is CCc1ncnc(-c2ccc(C(=O)N3CCC4(CC3)CC(N)C4)c(F)c2)c1-c1ccc(N)nc1. The summed E-state index contributed by atoms with van der Waals surface area (Å²) in [5.74, 6) is -0.396. The van der Waals surface area contributed by atoms with Crippen LogP contribution < -0.4 is 11.5 Å². The Hall–Kier alpha value is -3.39. The molecule has 1 saturated carbocycles. The molecule has 4 N–H and O–H groups in total. The van der Waals surface area contributed by atoms with Crippen molar-refractivity contribution in [1.29, 1.82) is 0 Å². The van der Waals surface area contributed by atoms with Crippen molar-refractivity contribution < 1.29 is 9.18 Å². The Bertz CT molecular complexity index is 1210. The number of hydrogen-bond acceptors (Lipinski definition) is 6. The fourth-order valence-electron chi connectivity index (χ4n) is 5.42. The number of piperidine rings is 1. The summed E-state index contributed by atoms with van der Waals surface area (Å²) in [4.78, 5) is 27.9. The fourth-order valence-corrected chi connectivity index (χ4v) is 5.42. The van der Waals surface area contributed by atoms with Gasteiger partial charge in [-0.2, -0.15) is 0 Å². The number of aromatic nitrogens is 3. The summed E-state index contributed by atoms with van der Waals surface area (Å²) < 4.78 is 15.3. The van der Waals surface area contributed by atoms with Crippen molar-refractivity contribution in [3.05, 3.63) is 59.9 Å². The van der Waals surface area contributed by atoms with E-state index in [0.717, 1.165) is 42.5 Å². The second-order valence-corrected chi connectivity index (χ2v) is 9.52. The Morgan fingerprint density at radius 2 is 1.85 bits per heavy atom. The number of nitrogens with zero attached hydrogens (tertiary/aromatic N) is 4. The minimum atomic E-state index is -0.550. The van der Waals surface area contributed by atoms with Gasteiger partial charge in [0.2, 0.25) is 0 Å². The molecule has 0 atom stereocenters. The zero-order chi connectivity index (χ0) is 23.9. The van der Waals surface area contributed by atoms with E-state index in [-0.39, 0.29) is 22.9 Å². The van der Waals surface area contributed by atoms with Crippen LogP contribution >= 0.6 is 0 Å². The molecule has 7 nitrogen and oxygen atoms in total. The molecule has 1 amide bonds. The Morgan fingerprint density at radius 1 is 1.12 bits per heavy atom. The van der Waals surface area contributed by atoms with Crippen LogP contribution in [0.25, 0.3) is 22.4 Å². The van der Waals surface area contributed by atoms with E-state index in [9.17, 15) is 4.79 Å². The zero-order valence-corrected chi connectivity index (χ0v) is 19.3. The largest absolute Gasteiger partial charge is 0.384 e. The lowest BCUT2D eigenvalue weighted by Crippen LogP contribution is -2.53. The van der Waals surface area contributed by atoms with E-state index in [2.05, 4.69) is 15.0 Å². The number of rotatable bonds is 4. The molecule has 5 rings (SSSR count). The van der Waals surface area contributed by atoms with Crippen LogP contribution in [0.1, 0.15) is 48.7 Å². The number of amides is 1. The number of hydrogen-bond donors (Lipinski definition) is 2. The molecule has 0 unspecified atom stereocenters. The summed E-state index contributed by atoms with van der Waals surface area (Å²) in [7, 11) is 0. The van der Waals surface area contributed by atoms with E-state index >= 15 is 4.39 Å². The second-order valence-electron chi connectivity index (χ2n) is 9.52. The maximum absolute atomic E-state index is 15.3. The fraction of sp³-hybridized carbons (Fsp3) is 0.385. The summed E-state index contributed by atoms with van der Waals surface area (Å²) in [6.45, 7) is 3.29. The summed E-state index contributed by atoms with van der Waals surface area (Å²) in [6, 6.07) is 8.57. The number of carbonyl (C=O) groups excluding carboxylic acids is 1. The molecule has 2 aromatic heterocycles. The predicted molar refractivity (Wildman–Crippen MR) is 129 cm³/mol. The Labute approximate surface area is 198 Å². The molecular weight excluding hydrogens is 431 g/mol. The van der Waals surface area contributed by atoms with E-state index < -0.39 is 5.82 Å². The molecule has 3 heterocycles. The summed E-state index contributed by atoms with van der Waals surface area (Å²) in [5.41, 5.74) is 15.7. The summed E-state index contributed by atoms with van der Waals surface area (Å²) >= 11 is 0. The molecule has 0 bridgehead atoms. The number of pyridine rings is 1. The van der Waals surface area contributed by atoms with Crippen molar-refractivity contribution in [1.82, 2.24) is 19.9 Å². The maximum Gasteiger partial charge on any atom is 0.256 e. The van der Waals surface area contributed by atoms with E-state index in [0.29, 0.717) is 36.6 Å². The number of nitrogen functional groups attached to an aromatic ring is 1. The highest BCUT2D eigenvalue weighted by molar-refractivity contribution is 5.95. The first-order chi connectivity index (χ1) is 16.4. The van der Waals surface area contributed by atoms with Crippen LogP contribution in [0.5, 0.6) is 0 Å². The normalized spacial score (nSPS) is 17.6. The number of likely N-dealkylation sites (tertiary alicyclic amines) is 1. The van der Waals surface area contributed by atoms with Crippen molar-refractivity contribution in [2.75, 3.05) is 18.8 Å². The first-order valence-electron chi connectivity index (χ1n) is 11.8. The smallest absolute Gasteiger partial charge is 0.256 e. The van der Waals surface area contributed by atoms with Crippen molar-refractivity contribution in [3.63, 3.8) is 0 Å². The molecule has 0 radical (unpaired) electrons. The van der Waals surface area contributed by atoms with E-state index in [1.165, 1.54) is 12.4 Å². The lowest BCUT2D eigenvalue weighted by molar-refractivity contribution is 0.0174. The third-order valence-corrected chi connectivity index (χ3v) is 7.31. The molecule has 3 aromatic rings. The van der Waals surface area contributed by atoms with Gasteiger partial charge in [-0.1, -0.05) is 13.0 Å². The Morgan fingerprint density at radius 3 is 2.47 bits per heavy atom. The number of anilines is 1. The average Bonchev–Trinajstić information content (AvgIpc) is 2.83. The molecule has 176 valence electrons. The predicted octanol–water partition coefficient (Wildman–Crippen LogP) is 3.83. The molecule has 1 aliphatic carbocycles. The monoisotopic (exact) mass is 460 g/mol. The molecule has 2 fully saturated rings. The van der Waals surface area contributed by atoms with E-state index in [4.69, 9.17) is 11.5 Å². The quantitative estimate of drug-likeness (QED) is 0.612. The number of benzene rings is 1. The van der Waals surface area contributed by atoms with Crippen LogP contribution in [0.3, 0.4) is 0 Å². The Kier molecular flexibility index (Phi) is 5.77. The molecule has 2 aliphatic rings. The van der Waals surface area contributed by atoms with Gasteiger partial charge >= 0.3 is 0 Å². The lowest BCUT2D eigenvalue weighted by atomic mass is 9.61. The molecular formula is C26H29FN6O. The van der Waals surface area contributed by atoms with Crippen LogP contribution in [0, 0.1) is 11.2 Å². The lowest BCUT2D eigenvalue weighted by Gasteiger charge is -2.51. The van der Waals surface area contributed by atoms with Crippen molar-refractivity contribution in [2.45, 2.75) is 45.1 Å². The van der Waals surface area contributed by atoms with Gasteiger partial charge in [0.05, 0.1) is 17.0 Å². The molecule has 1 aliphatic heterocycles. The second kappa shape index (κ2) is 8.76. The van der Waals surface area contributed by atoms with Gasteiger partial charge in [-0.3, -0.25) is 4.79 Å². The summed E-state index contributed by atoms with van der Waals surface area (Å²) in [5, 5.41) is 0. The molecule has 1 spiro atoms. The van der Waals surface area contributed by atoms with E-state index in [1.807, 2.05) is 13.0 Å². The zero-order valence-electron chi connectivity index (χ0n) is 19.3. The van der Waals surface area contributed by atoms with Gasteiger partial charge in [0, 0.05) is 42.0 Å². The topological polar surface area (TPSA) is 111 Å². The first-order valence-corrected chi connectivity index (χ1v) is 11.8. The van der Waals surface area contributed by atoms with Crippen LogP contribution in [0.4, 0.5) is 10.2 Å². The van der Waals surface area contributed by atoms with Gasteiger partial charge in [-0.05, 0) is 61.8 Å². The standard InChI is InChI=1S/C26H29FN6O/c1-2-21-23(17-4-6-22(29)30-14-17)24(32-15-31-21)16-3-5-19(20(27)11-16)25(34)33-9-7-26(8-10-33)12-18(28)13-26/h3-6,11,14-15,18H,2,7-10,12-13,28H2,1H3,(H2,29,30). The average molecular weight is 461 g/mol. The van der Waals surface area contributed by atoms with Gasteiger partial charge in [0.1, 0.15) is 18.0 Å². The maximum atomic E-state index is 15.3. The molecule has 1 saturated heterocycles. The minimum Gasteiger partial charge on any atom is -0.384 e. The number of halogens is 1. The minimum absolute atomic E-state index is 0.0884. The summed E-state index contributed by atoms with van der Waals surface area (Å²) in [6.07, 6.45) is 7.76. The highest BCUT2D eigenvalue weighted by Gasteiger charge is 2.45. The van der Waals surface area contributed by atoms with Crippen molar-refractivity contribution in [2.24, 2.45) is 11.1 Å². The highest BCUT2D eigenvalue weighted by atomic mass is 19.1. The third-order valence-electron chi connectivity index (χ3n) is 7.31. The van der Waals surface area contributed by atoms with E-state index in [1.54, 1.807) is 29.3 Å². The number of nitrogens with two attached hydrogens (primary N) is 2. The van der Waals surface area contributed by atoms with Crippen LogP contribution in [-0.4, -0.2) is 44.9 Å². The van der Waals surface area contributed by atoms with Crippen molar-refractivity contribution >= 4 is 11.7 Å². The molecule has 34 heavy (non-hydrogen) atoms. The molecule has 1 aromatic carbocycles. The number of carbonyl (C=O) groups is 1. The van der Waals surface area contributed by atoms with Gasteiger partial charge in [-0.25, -0.2) is 19.3 Å². The highest BCUT2D eigenvalue weighted by Crippen LogP contribution is 2.48. The van der Waals surface area contributed by atoms with Crippen LogP contribution in [0.2, 0.25) is 0 Å². The first kappa shape index (κ1) is 22.4. The van der Waals surface area contributed by atoms with Gasteiger partial charge < -0.3 is 16.4 Å². The van der Waals surface area contributed by atoms with Gasteiger partial charge in [0.15, 0.2) is 0 Å². The van der Waals surface area contributed by atoms with Gasteiger partial charge in [-0.15, -0.1) is 0 Å². The van der Waals surface area contributed by atoms with Crippen LogP contribution in [-0.2, 0) is 6.42 Å². The van der Waals surface area contributed by atoms with Crippen molar-refractivity contribution in [3.8, 4) is 22.4 Å². The van der Waals surface area contributed by atoms with Gasteiger partial charge in [0.25, 0.3) is 5.91 Å². The number of aryl methyl sites for hydroxylation is 1. The Balaban J connectivity index is 1.42. The van der Waals surface area contributed by atoms with Crippen LogP contribution in [0.15, 0.2) is 42.9 Å². The molecule has 8 heteroatoms. The third kappa shape index (κ3) is 4.03.